The van der Waals surface area contributed by atoms with Crippen LogP contribution in [0.5, 0.6) is 23.0 Å². The van der Waals surface area contributed by atoms with E-state index in [4.69, 9.17) is 44.3 Å². The minimum Gasteiger partial charge on any atom is -0.497 e. The fourth-order valence-electron chi connectivity index (χ4n) is 4.03. The fourth-order valence-corrected chi connectivity index (χ4v) is 4.03. The SMILES string of the molecule is COc1cc(OC)c2c(=O)oc(CC#N)cc2c1.COc1cc2c(c(OC)c1)C(=O)OC(=O)C2.N#CCC(=O)O.N#CCC(=O)n1ccnc1. The summed E-state index contributed by atoms with van der Waals surface area (Å²) in [6.45, 7) is 0. The smallest absolute Gasteiger partial charge is 0.349 e. The number of fused-ring (bicyclic) bond motifs is 2. The lowest BCUT2D eigenvalue weighted by molar-refractivity contribution is -0.138. The molecule has 1 N–H and O–H groups in total. The minimum absolute atomic E-state index is 0.0463. The zero-order valence-corrected chi connectivity index (χ0v) is 27.1. The van der Waals surface area contributed by atoms with E-state index in [1.54, 1.807) is 36.4 Å². The van der Waals surface area contributed by atoms with Gasteiger partial charge in [-0.2, -0.15) is 15.8 Å². The number of benzene rings is 2. The zero-order chi connectivity index (χ0) is 37.2. The number of carboxylic acid groups (broad SMARTS) is 1. The van der Waals surface area contributed by atoms with Gasteiger partial charge >= 0.3 is 23.5 Å². The summed E-state index contributed by atoms with van der Waals surface area (Å²) >= 11 is 0. The molecule has 17 nitrogen and oxygen atoms in total. The van der Waals surface area contributed by atoms with Gasteiger partial charge in [0.05, 0.1) is 59.5 Å². The molecule has 0 amide bonds. The third kappa shape index (κ3) is 11.0. The Hall–Kier alpha value is -7.19. The Kier molecular flexibility index (Phi) is 15.2. The summed E-state index contributed by atoms with van der Waals surface area (Å²) in [6.07, 6.45) is 3.98. The first-order valence-electron chi connectivity index (χ1n) is 14.0. The van der Waals surface area contributed by atoms with E-state index in [2.05, 4.69) is 9.72 Å². The van der Waals surface area contributed by atoms with Gasteiger partial charge in [0.25, 0.3) is 0 Å². The van der Waals surface area contributed by atoms with Crippen molar-refractivity contribution < 1.29 is 52.4 Å². The van der Waals surface area contributed by atoms with Gasteiger partial charge in [0, 0.05) is 24.5 Å². The molecule has 0 aliphatic carbocycles. The van der Waals surface area contributed by atoms with Gasteiger partial charge in [0.1, 0.15) is 58.9 Å². The summed E-state index contributed by atoms with van der Waals surface area (Å²) in [5, 5.41) is 33.0. The van der Waals surface area contributed by atoms with Gasteiger partial charge in [-0.15, -0.1) is 0 Å². The van der Waals surface area contributed by atoms with Crippen LogP contribution in [0.25, 0.3) is 10.8 Å². The van der Waals surface area contributed by atoms with E-state index in [1.165, 1.54) is 57.8 Å². The Bertz CT molecular complexity index is 2030. The van der Waals surface area contributed by atoms with Crippen LogP contribution >= 0.6 is 0 Å². The molecule has 2 aromatic heterocycles. The second-order valence-electron chi connectivity index (χ2n) is 9.36. The van der Waals surface area contributed by atoms with Crippen LogP contribution in [0.2, 0.25) is 0 Å². The molecule has 0 fully saturated rings. The van der Waals surface area contributed by atoms with Gasteiger partial charge in [-0.3, -0.25) is 19.0 Å². The third-order valence-corrected chi connectivity index (χ3v) is 6.17. The molecule has 0 saturated heterocycles. The van der Waals surface area contributed by atoms with E-state index in [1.807, 2.05) is 6.07 Å². The number of hydrogen-bond donors (Lipinski definition) is 1. The number of imidazole rings is 1. The molecule has 4 aromatic rings. The molecule has 50 heavy (non-hydrogen) atoms. The van der Waals surface area contributed by atoms with E-state index in [0.717, 1.165) is 0 Å². The lowest BCUT2D eigenvalue weighted by atomic mass is 10.0. The number of nitriles is 3. The van der Waals surface area contributed by atoms with Crippen molar-refractivity contribution in [3.05, 3.63) is 76.4 Å². The molecule has 1 aliphatic heterocycles. The van der Waals surface area contributed by atoms with Crippen molar-refractivity contribution in [3.63, 3.8) is 0 Å². The maximum Gasteiger partial charge on any atom is 0.349 e. The fraction of sp³-hybridized carbons (Fsp3) is 0.242. The van der Waals surface area contributed by atoms with Crippen LogP contribution < -0.4 is 24.6 Å². The van der Waals surface area contributed by atoms with Crippen molar-refractivity contribution in [2.24, 2.45) is 0 Å². The molecule has 0 atom stereocenters. The number of hydrogen-bond acceptors (Lipinski definition) is 15. The normalized spacial score (nSPS) is 10.7. The van der Waals surface area contributed by atoms with E-state index < -0.39 is 30.0 Å². The molecule has 17 heteroatoms. The quantitative estimate of drug-likeness (QED) is 0.216. The number of cyclic esters (lactones) is 2. The molecule has 0 spiro atoms. The molecule has 1 aliphatic rings. The van der Waals surface area contributed by atoms with Crippen molar-refractivity contribution in [3.8, 4) is 41.2 Å². The van der Waals surface area contributed by atoms with Crippen molar-refractivity contribution >= 4 is 34.6 Å². The molecule has 258 valence electrons. The number of aliphatic carboxylic acids is 1. The topological polar surface area (TPSA) is 254 Å². The largest absolute Gasteiger partial charge is 0.497 e. The number of aromatic nitrogens is 2. The van der Waals surface area contributed by atoms with Crippen molar-refractivity contribution in [2.45, 2.75) is 25.7 Å². The molecule has 0 saturated carbocycles. The summed E-state index contributed by atoms with van der Waals surface area (Å²) in [4.78, 5) is 58.3. The lowest BCUT2D eigenvalue weighted by Gasteiger charge is -2.17. The predicted octanol–water partition coefficient (Wildman–Crippen LogP) is 3.24. The maximum atomic E-state index is 11.9. The monoisotopic (exact) mass is 687 g/mol. The summed E-state index contributed by atoms with van der Waals surface area (Å²) in [7, 11) is 5.95. The van der Waals surface area contributed by atoms with Gasteiger partial charge in [-0.05, 0) is 29.1 Å². The minimum atomic E-state index is -1.07. The highest BCUT2D eigenvalue weighted by molar-refractivity contribution is 6.04. The number of ether oxygens (including phenoxy) is 5. The van der Waals surface area contributed by atoms with Gasteiger partial charge in [-0.1, -0.05) is 0 Å². The first kappa shape index (κ1) is 39.0. The Morgan fingerprint density at radius 2 is 1.52 bits per heavy atom. The molecule has 5 rings (SSSR count). The summed E-state index contributed by atoms with van der Waals surface area (Å²) in [6, 6.07) is 13.3. The predicted molar refractivity (Wildman–Crippen MR) is 170 cm³/mol. The summed E-state index contributed by atoms with van der Waals surface area (Å²) in [5.74, 6) is -0.374. The van der Waals surface area contributed by atoms with E-state index in [0.29, 0.717) is 50.7 Å². The summed E-state index contributed by atoms with van der Waals surface area (Å²) < 4.78 is 31.2. The molecule has 0 radical (unpaired) electrons. The first-order valence-corrected chi connectivity index (χ1v) is 14.0. The Morgan fingerprint density at radius 1 is 0.880 bits per heavy atom. The number of carboxylic acids is 1. The van der Waals surface area contributed by atoms with Crippen molar-refractivity contribution in [2.75, 3.05) is 28.4 Å². The first-order chi connectivity index (χ1) is 24.0. The number of rotatable bonds is 7. The highest BCUT2D eigenvalue weighted by Gasteiger charge is 2.29. The van der Waals surface area contributed by atoms with Crippen LogP contribution in [0, 0.1) is 34.0 Å². The second-order valence-corrected chi connectivity index (χ2v) is 9.36. The highest BCUT2D eigenvalue weighted by atomic mass is 16.6. The lowest BCUT2D eigenvalue weighted by Crippen LogP contribution is -2.23. The number of carbonyl (C=O) groups excluding carboxylic acids is 3. The van der Waals surface area contributed by atoms with Gasteiger partial charge in [-0.25, -0.2) is 14.6 Å². The maximum absolute atomic E-state index is 11.9. The van der Waals surface area contributed by atoms with Gasteiger partial charge in [0.15, 0.2) is 0 Å². The molecule has 0 unspecified atom stereocenters. The van der Waals surface area contributed by atoms with Crippen molar-refractivity contribution in [1.82, 2.24) is 9.55 Å². The van der Waals surface area contributed by atoms with Gasteiger partial charge in [0.2, 0.25) is 5.91 Å². The van der Waals surface area contributed by atoms with E-state index in [9.17, 15) is 24.0 Å². The number of carbonyl (C=O) groups is 4. The van der Waals surface area contributed by atoms with E-state index >= 15 is 0 Å². The Balaban J connectivity index is 0.000000248. The zero-order valence-electron chi connectivity index (χ0n) is 27.1. The molecule has 3 heterocycles. The number of esters is 2. The average molecular weight is 688 g/mol. The summed E-state index contributed by atoms with van der Waals surface area (Å²) in [5.41, 5.74) is 0.345. The molecule has 2 aromatic carbocycles. The highest BCUT2D eigenvalue weighted by Crippen LogP contribution is 2.32. The van der Waals surface area contributed by atoms with Crippen LogP contribution in [-0.2, 0) is 27.2 Å². The number of methoxy groups -OCH3 is 4. The van der Waals surface area contributed by atoms with E-state index in [-0.39, 0.29) is 25.2 Å². The Morgan fingerprint density at radius 3 is 2.04 bits per heavy atom. The number of nitrogens with zero attached hydrogens (tertiary/aromatic N) is 5. The van der Waals surface area contributed by atoms with Gasteiger partial charge < -0.3 is 33.2 Å². The van der Waals surface area contributed by atoms with Crippen molar-refractivity contribution in [1.29, 1.82) is 15.8 Å². The Labute approximate surface area is 284 Å². The standard InChI is InChI=1S/C13H11NO4.C11H10O5.C6H5N3O.C3H3NO2/c1-16-10-6-8-5-9(3-4-14)18-13(15)12(8)11(7-10)17-2;1-14-7-3-6-4-9(12)16-11(13)10(6)8(5-7)15-2;7-2-1-6(10)9-4-3-8-5-9;4-2-1-3(5)6/h5-7H,3H2,1-2H3;3,5H,4H2,1-2H3;3-5H,1H2;1H2,(H,5,6). The second kappa shape index (κ2) is 19.5. The third-order valence-electron chi connectivity index (χ3n) is 6.17. The molecular weight excluding hydrogens is 658 g/mol. The van der Waals surface area contributed by atoms with Crippen LogP contribution in [0.1, 0.15) is 39.3 Å². The van der Waals surface area contributed by atoms with Crippen LogP contribution in [0.3, 0.4) is 0 Å². The molecule has 0 bridgehead atoms. The van der Waals surface area contributed by atoms with Crippen LogP contribution in [0.15, 0.2) is 58.3 Å². The van der Waals surface area contributed by atoms with Crippen LogP contribution in [-0.4, -0.2) is 66.9 Å². The molecular formula is C33H29N5O12. The average Bonchev–Trinajstić information content (AvgIpc) is 3.63. The van der Waals surface area contributed by atoms with Crippen LogP contribution in [0.4, 0.5) is 0 Å².